The highest BCUT2D eigenvalue weighted by atomic mass is 79.9. The van der Waals surface area contributed by atoms with Crippen LogP contribution in [0.3, 0.4) is 0 Å². The monoisotopic (exact) mass is 1110 g/mol. The molecule has 0 saturated carbocycles. The number of benzene rings is 4. The van der Waals surface area contributed by atoms with Gasteiger partial charge < -0.3 is 30.4 Å². The van der Waals surface area contributed by atoms with Crippen LogP contribution in [0, 0.1) is 0 Å². The third-order valence-corrected chi connectivity index (χ3v) is 9.90. The number of hydrogen-bond acceptors (Lipinski definition) is 15. The number of anilines is 3. The Balaban J connectivity index is 0.000000167. The lowest BCUT2D eigenvalue weighted by molar-refractivity contribution is -0.137. The molecule has 4 aromatic heterocycles. The van der Waals surface area contributed by atoms with E-state index in [1.54, 1.807) is 91.4 Å². The molecule has 16 nitrogen and oxygen atoms in total. The number of halogens is 8. The van der Waals surface area contributed by atoms with E-state index in [0.29, 0.717) is 64.9 Å². The summed E-state index contributed by atoms with van der Waals surface area (Å²) in [5.41, 5.74) is 10.1. The number of ether oxygens (including phenoxy) is 4. The molecule has 0 spiro atoms. The Morgan fingerprint density at radius 2 is 1.00 bits per heavy atom. The third kappa shape index (κ3) is 15.9. The van der Waals surface area contributed by atoms with Crippen molar-refractivity contribution in [2.45, 2.75) is 12.2 Å². The zero-order chi connectivity index (χ0) is 48.6. The average molecular weight is 1120 g/mol. The lowest BCUT2D eigenvalue weighted by atomic mass is 10.0. The number of carbonyl (C=O) groups is 1. The zero-order valence-corrected chi connectivity index (χ0v) is 39.8. The summed E-state index contributed by atoms with van der Waals surface area (Å²) in [5.74, 6) is 3.75. The summed E-state index contributed by atoms with van der Waals surface area (Å²) in [6, 6.07) is 24.6. The third-order valence-electron chi connectivity index (χ3n) is 8.33. The standard InChI is InChI=1S/C20H13ClF3N3O3.C10H6BrClN2O.C10H8ClN3O.C4H4BrN3/c21-14-4-6-15(7-5-14)30-18-10-25-17(9-26-18)27-16(11-29-19(27)28)12-2-1-3-13(8-12)20(22,23)24;11-9-5-14-10(6-13-9)15-8-3-1-7(12)2-4-8;11-7-1-3-8(4-2-7)15-10-6-13-9(12)5-14-10;5-3-1-8-4(6)2-7-3/h1-10,16H,11H2;1-6H;1-6H,(H2,12,13);1-2H,(H2,6,8)/t16-;;;/m1.../s1. The van der Waals surface area contributed by atoms with E-state index in [-0.39, 0.29) is 23.9 Å². The lowest BCUT2D eigenvalue weighted by Gasteiger charge is -2.21. The van der Waals surface area contributed by atoms with Gasteiger partial charge in [-0.2, -0.15) is 13.2 Å². The van der Waals surface area contributed by atoms with Gasteiger partial charge in [0.2, 0.25) is 17.6 Å². The maximum absolute atomic E-state index is 13.0. The first-order valence-electron chi connectivity index (χ1n) is 19.1. The highest BCUT2D eigenvalue weighted by molar-refractivity contribution is 9.10. The van der Waals surface area contributed by atoms with Gasteiger partial charge in [0, 0.05) is 15.1 Å². The molecule has 0 bridgehead atoms. The van der Waals surface area contributed by atoms with Crippen molar-refractivity contribution in [3.8, 4) is 34.9 Å². The Hall–Kier alpha value is -6.91. The molecule has 1 saturated heterocycles. The smallest absolute Gasteiger partial charge is 0.416 e. The van der Waals surface area contributed by atoms with E-state index in [1.807, 2.05) is 0 Å². The van der Waals surface area contributed by atoms with Crippen LogP contribution >= 0.6 is 66.7 Å². The first kappa shape index (κ1) is 50.5. The van der Waals surface area contributed by atoms with Gasteiger partial charge in [-0.05, 0) is 122 Å². The highest BCUT2D eigenvalue weighted by Gasteiger charge is 2.38. The summed E-state index contributed by atoms with van der Waals surface area (Å²) in [5, 5.41) is 1.88. The number of nitrogens with two attached hydrogens (primary N) is 2. The molecule has 4 N–H and O–H groups in total. The van der Waals surface area contributed by atoms with Gasteiger partial charge in [-0.1, -0.05) is 46.9 Å². The minimum Gasteiger partial charge on any atom is -0.447 e. The van der Waals surface area contributed by atoms with Crippen LogP contribution in [0.2, 0.25) is 15.1 Å². The van der Waals surface area contributed by atoms with Gasteiger partial charge in [0.05, 0.1) is 55.1 Å². The molecule has 1 aliphatic rings. The largest absolute Gasteiger partial charge is 0.447 e. The highest BCUT2D eigenvalue weighted by Crippen LogP contribution is 2.36. The zero-order valence-electron chi connectivity index (χ0n) is 34.4. The molecule has 24 heteroatoms. The van der Waals surface area contributed by atoms with Crippen LogP contribution in [-0.4, -0.2) is 52.6 Å². The van der Waals surface area contributed by atoms with Crippen molar-refractivity contribution < 1.29 is 36.9 Å². The predicted octanol–water partition coefficient (Wildman–Crippen LogP) is 12.6. The number of aromatic nitrogens is 8. The second kappa shape index (κ2) is 24.2. The molecule has 0 radical (unpaired) electrons. The summed E-state index contributed by atoms with van der Waals surface area (Å²) >= 11 is 23.6. The van der Waals surface area contributed by atoms with E-state index in [2.05, 4.69) is 71.7 Å². The second-order valence-electron chi connectivity index (χ2n) is 13.2. The summed E-state index contributed by atoms with van der Waals surface area (Å²) in [4.78, 5) is 45.0. The topological polar surface area (TPSA) is 212 Å². The predicted molar refractivity (Wildman–Crippen MR) is 255 cm³/mol. The molecule has 9 rings (SSSR count). The van der Waals surface area contributed by atoms with E-state index in [0.717, 1.165) is 17.0 Å². The quantitative estimate of drug-likeness (QED) is 0.145. The molecule has 8 aromatic rings. The lowest BCUT2D eigenvalue weighted by Crippen LogP contribution is -2.28. The van der Waals surface area contributed by atoms with E-state index in [4.69, 9.17) is 65.2 Å². The maximum atomic E-state index is 13.0. The summed E-state index contributed by atoms with van der Waals surface area (Å²) in [7, 11) is 0. The maximum Gasteiger partial charge on any atom is 0.416 e. The van der Waals surface area contributed by atoms with Crippen molar-refractivity contribution in [2.24, 2.45) is 0 Å². The van der Waals surface area contributed by atoms with Crippen LogP contribution in [0.4, 0.5) is 35.4 Å². The average Bonchev–Trinajstić information content (AvgIpc) is 3.73. The number of rotatable bonds is 8. The number of alkyl halides is 3. The summed E-state index contributed by atoms with van der Waals surface area (Å²) in [6.45, 7) is -0.106. The number of cyclic esters (lactones) is 1. The fraction of sp³-hybridized carbons (Fsp3) is 0.0682. The van der Waals surface area contributed by atoms with Crippen LogP contribution in [0.15, 0.2) is 156 Å². The van der Waals surface area contributed by atoms with E-state index < -0.39 is 23.9 Å². The van der Waals surface area contributed by atoms with Gasteiger partial charge in [-0.3, -0.25) is 0 Å². The van der Waals surface area contributed by atoms with Crippen molar-refractivity contribution in [3.05, 3.63) is 182 Å². The first-order valence-corrected chi connectivity index (χ1v) is 21.8. The Bertz CT molecular complexity index is 2660. The SMILES string of the molecule is Clc1ccc(Oc2cnc(Br)cn2)cc1.Nc1cnc(Br)cn1.Nc1cnc(Oc2ccc(Cl)cc2)cn1.O=C1OC[C@H](c2cccc(C(F)(F)F)c2)N1c1cnc(Oc2ccc(Cl)cc2)cn1. The number of nitrogen functional groups attached to an aromatic ring is 2. The van der Waals surface area contributed by atoms with E-state index in [9.17, 15) is 18.0 Å². The molecule has 1 amide bonds. The molecular formula is C44H31Br2Cl3F3N11O5. The molecule has 348 valence electrons. The number of carbonyl (C=O) groups excluding carboxylic acids is 1. The summed E-state index contributed by atoms with van der Waals surface area (Å²) in [6.07, 6.45) is 6.43. The second-order valence-corrected chi connectivity index (χ2v) is 16.1. The Kier molecular flexibility index (Phi) is 18.0. The van der Waals surface area contributed by atoms with E-state index in [1.165, 1.54) is 43.1 Å². The molecule has 1 atom stereocenters. The van der Waals surface area contributed by atoms with Crippen molar-refractivity contribution in [1.82, 2.24) is 39.9 Å². The van der Waals surface area contributed by atoms with Gasteiger partial charge in [0.1, 0.15) is 50.7 Å². The van der Waals surface area contributed by atoms with Gasteiger partial charge in [0.15, 0.2) is 5.82 Å². The van der Waals surface area contributed by atoms with Crippen LogP contribution in [-0.2, 0) is 10.9 Å². The van der Waals surface area contributed by atoms with Gasteiger partial charge in [0.25, 0.3) is 0 Å². The Labute approximate surface area is 416 Å². The molecule has 5 heterocycles. The van der Waals surface area contributed by atoms with Crippen molar-refractivity contribution in [2.75, 3.05) is 23.0 Å². The minimum absolute atomic E-state index is 0.106. The molecule has 1 aliphatic heterocycles. The van der Waals surface area contributed by atoms with Gasteiger partial charge in [-0.15, -0.1) is 0 Å². The molecule has 0 unspecified atom stereocenters. The fourth-order valence-electron chi connectivity index (χ4n) is 5.25. The molecule has 1 fully saturated rings. The van der Waals surface area contributed by atoms with Gasteiger partial charge in [-0.25, -0.2) is 49.6 Å². The Morgan fingerprint density at radius 3 is 1.40 bits per heavy atom. The van der Waals surface area contributed by atoms with Gasteiger partial charge >= 0.3 is 12.3 Å². The van der Waals surface area contributed by atoms with Crippen molar-refractivity contribution >= 4 is 90.2 Å². The molecule has 68 heavy (non-hydrogen) atoms. The number of nitrogens with zero attached hydrogens (tertiary/aromatic N) is 9. The molecule has 0 aliphatic carbocycles. The van der Waals surface area contributed by atoms with Crippen LogP contribution in [0.1, 0.15) is 17.2 Å². The van der Waals surface area contributed by atoms with Crippen LogP contribution in [0.5, 0.6) is 34.9 Å². The first-order chi connectivity index (χ1) is 32.6. The summed E-state index contributed by atoms with van der Waals surface area (Å²) < 4.78 is 61.9. The minimum atomic E-state index is -4.50. The number of hydrogen-bond donors (Lipinski definition) is 2. The molecular weight excluding hydrogens is 1090 g/mol. The molecule has 4 aromatic carbocycles. The van der Waals surface area contributed by atoms with E-state index >= 15 is 0 Å². The fourth-order valence-corrected chi connectivity index (χ4v) is 6.04. The van der Waals surface area contributed by atoms with Crippen molar-refractivity contribution in [1.29, 1.82) is 0 Å². The van der Waals surface area contributed by atoms with Crippen LogP contribution < -0.4 is 30.6 Å². The number of amides is 1. The Morgan fingerprint density at radius 1 is 0.574 bits per heavy atom. The normalized spacial score (nSPS) is 12.7. The van der Waals surface area contributed by atoms with Crippen molar-refractivity contribution in [3.63, 3.8) is 0 Å². The van der Waals surface area contributed by atoms with Crippen LogP contribution in [0.25, 0.3) is 0 Å².